The lowest BCUT2D eigenvalue weighted by Crippen LogP contribution is -2.42. The second-order valence-electron chi connectivity index (χ2n) is 5.29. The van der Waals surface area contributed by atoms with Crippen LogP contribution in [0.3, 0.4) is 0 Å². The number of nitrogens with zero attached hydrogens (tertiary/aromatic N) is 1. The Labute approximate surface area is 105 Å². The van der Waals surface area contributed by atoms with E-state index in [1.54, 1.807) is 0 Å². The van der Waals surface area contributed by atoms with Crippen molar-refractivity contribution in [2.24, 2.45) is 11.8 Å². The van der Waals surface area contributed by atoms with Gasteiger partial charge in [-0.05, 0) is 18.8 Å². The van der Waals surface area contributed by atoms with E-state index in [-0.39, 0.29) is 0 Å². The fourth-order valence-electron chi connectivity index (χ4n) is 1.89. The van der Waals surface area contributed by atoms with Gasteiger partial charge >= 0.3 is 5.97 Å². The van der Waals surface area contributed by atoms with Crippen LogP contribution in [0.2, 0.25) is 0 Å². The highest BCUT2D eigenvalue weighted by atomic mass is 16.5. The number of aliphatic carboxylic acids is 1. The number of carboxylic acid groups (broad SMARTS) is 1. The predicted molar refractivity (Wildman–Crippen MR) is 69.2 cm³/mol. The van der Waals surface area contributed by atoms with Crippen molar-refractivity contribution in [1.29, 1.82) is 0 Å². The lowest BCUT2D eigenvalue weighted by Gasteiger charge is -2.28. The molecule has 0 fully saturated rings. The molecule has 0 saturated carbocycles. The van der Waals surface area contributed by atoms with Gasteiger partial charge in [0.2, 0.25) is 0 Å². The first kappa shape index (κ1) is 16.4. The van der Waals surface area contributed by atoms with E-state index >= 15 is 0 Å². The predicted octanol–water partition coefficient (Wildman–Crippen LogP) is 2.09. The van der Waals surface area contributed by atoms with E-state index in [4.69, 9.17) is 9.84 Å². The second kappa shape index (κ2) is 8.48. The zero-order chi connectivity index (χ0) is 13.4. The van der Waals surface area contributed by atoms with Gasteiger partial charge in [-0.25, -0.2) is 4.79 Å². The van der Waals surface area contributed by atoms with Crippen LogP contribution in [0, 0.1) is 11.8 Å². The molecule has 0 aliphatic heterocycles. The van der Waals surface area contributed by atoms with Crippen LogP contribution in [-0.2, 0) is 9.53 Å². The molecule has 4 nitrogen and oxygen atoms in total. The molecule has 1 atom stereocenters. The van der Waals surface area contributed by atoms with Crippen LogP contribution in [-0.4, -0.2) is 48.3 Å². The molecule has 0 bridgehead atoms. The zero-order valence-electron chi connectivity index (χ0n) is 11.8. The van der Waals surface area contributed by atoms with E-state index in [9.17, 15) is 4.79 Å². The number of hydrogen-bond donors (Lipinski definition) is 1. The fourth-order valence-corrected chi connectivity index (χ4v) is 1.89. The summed E-state index contributed by atoms with van der Waals surface area (Å²) in [6, 6.07) is 0. The standard InChI is InChI=1S/C13H27NO3/c1-6-17-12(13(15)16)9-14(7-10(2)3)8-11(4)5/h10-12H,6-9H2,1-5H3,(H,15,16). The average molecular weight is 245 g/mol. The van der Waals surface area contributed by atoms with Crippen LogP contribution in [0.1, 0.15) is 34.6 Å². The number of ether oxygens (including phenoxy) is 1. The highest BCUT2D eigenvalue weighted by Gasteiger charge is 2.22. The van der Waals surface area contributed by atoms with Gasteiger partial charge in [-0.3, -0.25) is 4.90 Å². The summed E-state index contributed by atoms with van der Waals surface area (Å²) < 4.78 is 5.26. The molecule has 0 amide bonds. The number of rotatable bonds is 9. The van der Waals surface area contributed by atoms with Crippen LogP contribution in [0.15, 0.2) is 0 Å². The maximum atomic E-state index is 11.0. The molecule has 0 spiro atoms. The SMILES string of the molecule is CCOC(CN(CC(C)C)CC(C)C)C(=O)O. The van der Waals surface area contributed by atoms with Crippen molar-refractivity contribution in [3.8, 4) is 0 Å². The average Bonchev–Trinajstić information content (AvgIpc) is 2.14. The van der Waals surface area contributed by atoms with E-state index in [1.807, 2.05) is 6.92 Å². The van der Waals surface area contributed by atoms with Gasteiger partial charge in [0.25, 0.3) is 0 Å². The molecule has 0 radical (unpaired) electrons. The summed E-state index contributed by atoms with van der Waals surface area (Å²) in [4.78, 5) is 13.2. The minimum atomic E-state index is -0.871. The first-order valence-corrected chi connectivity index (χ1v) is 6.43. The van der Waals surface area contributed by atoms with Gasteiger partial charge in [0.05, 0.1) is 0 Å². The molecule has 0 heterocycles. The molecule has 0 aromatic heterocycles. The minimum Gasteiger partial charge on any atom is -0.479 e. The Hall–Kier alpha value is -0.610. The Bertz CT molecular complexity index is 207. The van der Waals surface area contributed by atoms with E-state index < -0.39 is 12.1 Å². The minimum absolute atomic E-state index is 0.439. The van der Waals surface area contributed by atoms with Crippen molar-refractivity contribution in [2.75, 3.05) is 26.2 Å². The van der Waals surface area contributed by atoms with Crippen molar-refractivity contribution in [2.45, 2.75) is 40.7 Å². The summed E-state index contributed by atoms with van der Waals surface area (Å²) >= 11 is 0. The lowest BCUT2D eigenvalue weighted by molar-refractivity contribution is -0.151. The normalized spacial score (nSPS) is 13.6. The summed E-state index contributed by atoms with van der Waals surface area (Å²) in [5.74, 6) is 0.194. The van der Waals surface area contributed by atoms with E-state index in [2.05, 4.69) is 32.6 Å². The maximum Gasteiger partial charge on any atom is 0.334 e. The largest absolute Gasteiger partial charge is 0.479 e. The van der Waals surface area contributed by atoms with E-state index in [0.717, 1.165) is 13.1 Å². The van der Waals surface area contributed by atoms with Crippen molar-refractivity contribution in [1.82, 2.24) is 4.90 Å². The number of carboxylic acids is 1. The van der Waals surface area contributed by atoms with Crippen LogP contribution < -0.4 is 0 Å². The third-order valence-electron chi connectivity index (χ3n) is 2.31. The molecule has 102 valence electrons. The molecule has 1 N–H and O–H groups in total. The van der Waals surface area contributed by atoms with Gasteiger partial charge < -0.3 is 9.84 Å². The number of hydrogen-bond acceptors (Lipinski definition) is 3. The third-order valence-corrected chi connectivity index (χ3v) is 2.31. The Balaban J connectivity index is 4.40. The van der Waals surface area contributed by atoms with E-state index in [0.29, 0.717) is 25.0 Å². The summed E-state index contributed by atoms with van der Waals surface area (Å²) in [6.45, 7) is 13.1. The Morgan fingerprint density at radius 1 is 1.12 bits per heavy atom. The van der Waals surface area contributed by atoms with Crippen molar-refractivity contribution < 1.29 is 14.6 Å². The first-order valence-electron chi connectivity index (χ1n) is 6.43. The monoisotopic (exact) mass is 245 g/mol. The molecule has 0 rings (SSSR count). The summed E-state index contributed by atoms with van der Waals surface area (Å²) in [7, 11) is 0. The molecule has 4 heteroatoms. The van der Waals surface area contributed by atoms with Crippen molar-refractivity contribution in [3.63, 3.8) is 0 Å². The molecule has 1 unspecified atom stereocenters. The molecular weight excluding hydrogens is 218 g/mol. The Morgan fingerprint density at radius 2 is 1.59 bits per heavy atom. The van der Waals surface area contributed by atoms with Gasteiger partial charge in [0.1, 0.15) is 0 Å². The third kappa shape index (κ3) is 8.16. The molecule has 17 heavy (non-hydrogen) atoms. The quantitative estimate of drug-likeness (QED) is 0.676. The highest BCUT2D eigenvalue weighted by Crippen LogP contribution is 2.06. The zero-order valence-corrected chi connectivity index (χ0v) is 11.8. The lowest BCUT2D eigenvalue weighted by atomic mass is 10.1. The summed E-state index contributed by atoms with van der Waals surface area (Å²) in [5.41, 5.74) is 0. The van der Waals surface area contributed by atoms with Crippen molar-refractivity contribution >= 4 is 5.97 Å². The highest BCUT2D eigenvalue weighted by molar-refractivity contribution is 5.72. The number of carbonyl (C=O) groups is 1. The molecule has 0 aliphatic rings. The molecule has 0 aromatic carbocycles. The van der Waals surface area contributed by atoms with Crippen molar-refractivity contribution in [3.05, 3.63) is 0 Å². The first-order chi connectivity index (χ1) is 7.86. The van der Waals surface area contributed by atoms with Gasteiger partial charge in [0.15, 0.2) is 6.10 Å². The van der Waals surface area contributed by atoms with Gasteiger partial charge in [-0.2, -0.15) is 0 Å². The van der Waals surface area contributed by atoms with Crippen LogP contribution in [0.5, 0.6) is 0 Å². The van der Waals surface area contributed by atoms with Crippen LogP contribution in [0.25, 0.3) is 0 Å². The summed E-state index contributed by atoms with van der Waals surface area (Å²) in [5, 5.41) is 9.07. The second-order valence-corrected chi connectivity index (χ2v) is 5.29. The van der Waals surface area contributed by atoms with Gasteiger partial charge in [-0.1, -0.05) is 27.7 Å². The summed E-state index contributed by atoms with van der Waals surface area (Å²) in [6.07, 6.45) is -0.711. The molecular formula is C13H27NO3. The smallest absolute Gasteiger partial charge is 0.334 e. The Morgan fingerprint density at radius 3 is 1.88 bits per heavy atom. The topological polar surface area (TPSA) is 49.8 Å². The molecule has 0 aliphatic carbocycles. The van der Waals surface area contributed by atoms with Crippen LogP contribution in [0.4, 0.5) is 0 Å². The van der Waals surface area contributed by atoms with E-state index in [1.165, 1.54) is 0 Å². The van der Waals surface area contributed by atoms with Crippen LogP contribution >= 0.6 is 0 Å². The maximum absolute atomic E-state index is 11.0. The Kier molecular flexibility index (Phi) is 8.17. The fraction of sp³-hybridized carbons (Fsp3) is 0.923. The molecule has 0 saturated heterocycles. The van der Waals surface area contributed by atoms with Gasteiger partial charge in [-0.15, -0.1) is 0 Å². The van der Waals surface area contributed by atoms with Gasteiger partial charge in [0, 0.05) is 26.2 Å². The molecule has 0 aromatic rings.